The van der Waals surface area contributed by atoms with Crippen molar-refractivity contribution < 1.29 is 26.7 Å². The molecule has 1 aliphatic rings. The lowest BCUT2D eigenvalue weighted by molar-refractivity contribution is -0.150. The zero-order valence-electron chi connectivity index (χ0n) is 13.2. The summed E-state index contributed by atoms with van der Waals surface area (Å²) in [5.74, 6) is -2.22. The van der Waals surface area contributed by atoms with E-state index >= 15 is 0 Å². The fourth-order valence-corrected chi connectivity index (χ4v) is 2.90. The zero-order chi connectivity index (χ0) is 17.9. The summed E-state index contributed by atoms with van der Waals surface area (Å²) in [5, 5.41) is 0. The van der Waals surface area contributed by atoms with Gasteiger partial charge in [0.15, 0.2) is 11.6 Å². The van der Waals surface area contributed by atoms with Crippen molar-refractivity contribution in [2.75, 3.05) is 26.7 Å². The number of likely N-dealkylation sites (tertiary alicyclic amines) is 1. The number of nitrogens with zero attached hydrogens (tertiary/aromatic N) is 2. The number of rotatable bonds is 4. The van der Waals surface area contributed by atoms with Crippen LogP contribution in [-0.4, -0.2) is 54.6 Å². The average Bonchev–Trinajstić information content (AvgIpc) is 2.49. The quantitative estimate of drug-likeness (QED) is 0.780. The van der Waals surface area contributed by atoms with Gasteiger partial charge in [-0.1, -0.05) is 6.07 Å². The van der Waals surface area contributed by atoms with E-state index in [1.165, 1.54) is 18.0 Å². The molecule has 0 atom stereocenters. The highest BCUT2D eigenvalue weighted by molar-refractivity contribution is 5.78. The molecule has 1 heterocycles. The predicted octanol–water partition coefficient (Wildman–Crippen LogP) is 2.99. The Morgan fingerprint density at radius 3 is 2.38 bits per heavy atom. The molecule has 2 rings (SSSR count). The first-order valence-electron chi connectivity index (χ1n) is 7.64. The minimum atomic E-state index is -4.24. The first-order valence-corrected chi connectivity index (χ1v) is 7.64. The summed E-state index contributed by atoms with van der Waals surface area (Å²) in [4.78, 5) is 15.0. The number of carbonyl (C=O) groups excluding carboxylic acids is 1. The molecule has 24 heavy (non-hydrogen) atoms. The van der Waals surface area contributed by atoms with Gasteiger partial charge in [-0.15, -0.1) is 0 Å². The second-order valence-electron chi connectivity index (χ2n) is 6.07. The largest absolute Gasteiger partial charge is 0.401 e. The van der Waals surface area contributed by atoms with E-state index in [-0.39, 0.29) is 18.4 Å². The standard InChI is InChI=1S/C16H19F5N2O/c1-22(10-16(19,20)21)12-4-6-23(7-5-12)15(24)9-11-2-3-13(17)14(18)8-11/h2-3,8,12H,4-7,9-10H2,1H3. The Morgan fingerprint density at radius 2 is 1.83 bits per heavy atom. The van der Waals surface area contributed by atoms with Gasteiger partial charge in [-0.05, 0) is 37.6 Å². The summed E-state index contributed by atoms with van der Waals surface area (Å²) >= 11 is 0. The van der Waals surface area contributed by atoms with Gasteiger partial charge < -0.3 is 4.90 Å². The van der Waals surface area contributed by atoms with Crippen LogP contribution < -0.4 is 0 Å². The Kier molecular flexibility index (Phi) is 5.79. The van der Waals surface area contributed by atoms with Crippen molar-refractivity contribution in [1.82, 2.24) is 9.80 Å². The van der Waals surface area contributed by atoms with Crippen LogP contribution in [0.25, 0.3) is 0 Å². The Labute approximate surface area is 137 Å². The summed E-state index contributed by atoms with van der Waals surface area (Å²) in [6.45, 7) is -0.259. The van der Waals surface area contributed by atoms with E-state index in [2.05, 4.69) is 0 Å². The van der Waals surface area contributed by atoms with Gasteiger partial charge in [0.2, 0.25) is 5.91 Å². The average molecular weight is 350 g/mol. The summed E-state index contributed by atoms with van der Waals surface area (Å²) < 4.78 is 63.2. The Balaban J connectivity index is 1.85. The maximum absolute atomic E-state index is 13.1. The minimum Gasteiger partial charge on any atom is -0.342 e. The fourth-order valence-electron chi connectivity index (χ4n) is 2.90. The van der Waals surface area contributed by atoms with E-state index in [9.17, 15) is 26.7 Å². The van der Waals surface area contributed by atoms with Crippen LogP contribution in [0.5, 0.6) is 0 Å². The van der Waals surface area contributed by atoms with Gasteiger partial charge in [0.1, 0.15) is 0 Å². The number of amides is 1. The summed E-state index contributed by atoms with van der Waals surface area (Å²) in [5.41, 5.74) is 0.371. The van der Waals surface area contributed by atoms with Crippen LogP contribution >= 0.6 is 0 Å². The molecule has 1 aromatic rings. The molecule has 134 valence electrons. The maximum Gasteiger partial charge on any atom is 0.401 e. The van der Waals surface area contributed by atoms with Crippen LogP contribution in [-0.2, 0) is 11.2 Å². The van der Waals surface area contributed by atoms with E-state index in [1.54, 1.807) is 4.90 Å². The Hall–Kier alpha value is -1.70. The molecule has 0 saturated carbocycles. The molecule has 0 unspecified atom stereocenters. The van der Waals surface area contributed by atoms with E-state index < -0.39 is 24.4 Å². The lowest BCUT2D eigenvalue weighted by Gasteiger charge is -2.37. The first kappa shape index (κ1) is 18.6. The second kappa shape index (κ2) is 7.46. The zero-order valence-corrected chi connectivity index (χ0v) is 13.2. The number of hydrogen-bond donors (Lipinski definition) is 0. The van der Waals surface area contributed by atoms with Gasteiger partial charge in [-0.25, -0.2) is 8.78 Å². The number of hydrogen-bond acceptors (Lipinski definition) is 2. The summed E-state index contributed by atoms with van der Waals surface area (Å²) in [6, 6.07) is 3.08. The molecule has 0 spiro atoms. The predicted molar refractivity (Wildman–Crippen MR) is 78.3 cm³/mol. The monoisotopic (exact) mass is 350 g/mol. The highest BCUT2D eigenvalue weighted by atomic mass is 19.4. The van der Waals surface area contributed by atoms with Crippen molar-refractivity contribution in [1.29, 1.82) is 0 Å². The molecule has 0 radical (unpaired) electrons. The van der Waals surface area contributed by atoms with Crippen molar-refractivity contribution in [3.63, 3.8) is 0 Å². The molecule has 0 bridgehead atoms. The molecule has 1 amide bonds. The maximum atomic E-state index is 13.1. The highest BCUT2D eigenvalue weighted by Crippen LogP contribution is 2.22. The molecule has 3 nitrogen and oxygen atoms in total. The fraction of sp³-hybridized carbons (Fsp3) is 0.562. The topological polar surface area (TPSA) is 23.6 Å². The molecule has 1 aromatic carbocycles. The minimum absolute atomic E-state index is 0.0553. The third-order valence-electron chi connectivity index (χ3n) is 4.21. The third kappa shape index (κ3) is 5.15. The van der Waals surface area contributed by atoms with Crippen LogP contribution in [0, 0.1) is 11.6 Å². The molecule has 8 heteroatoms. The summed E-state index contributed by atoms with van der Waals surface area (Å²) in [7, 11) is 1.43. The van der Waals surface area contributed by atoms with E-state index in [0.29, 0.717) is 31.5 Å². The van der Waals surface area contributed by atoms with Crippen molar-refractivity contribution in [3.05, 3.63) is 35.4 Å². The first-order chi connectivity index (χ1) is 11.2. The number of piperidine rings is 1. The number of benzene rings is 1. The van der Waals surface area contributed by atoms with Gasteiger partial charge in [0.25, 0.3) is 0 Å². The van der Waals surface area contributed by atoms with Crippen molar-refractivity contribution in [2.45, 2.75) is 31.5 Å². The van der Waals surface area contributed by atoms with E-state index in [4.69, 9.17) is 0 Å². The van der Waals surface area contributed by atoms with Crippen LogP contribution in [0.15, 0.2) is 18.2 Å². The van der Waals surface area contributed by atoms with Crippen LogP contribution in [0.2, 0.25) is 0 Å². The van der Waals surface area contributed by atoms with Crippen molar-refractivity contribution in [3.8, 4) is 0 Å². The molecular formula is C16H19F5N2O. The van der Waals surface area contributed by atoms with Crippen molar-refractivity contribution >= 4 is 5.91 Å². The van der Waals surface area contributed by atoms with Crippen LogP contribution in [0.3, 0.4) is 0 Å². The highest BCUT2D eigenvalue weighted by Gasteiger charge is 2.33. The van der Waals surface area contributed by atoms with Crippen LogP contribution in [0.4, 0.5) is 22.0 Å². The SMILES string of the molecule is CN(CC(F)(F)F)C1CCN(C(=O)Cc2ccc(F)c(F)c2)CC1. The van der Waals surface area contributed by atoms with E-state index in [1.807, 2.05) is 0 Å². The lowest BCUT2D eigenvalue weighted by atomic mass is 10.0. The van der Waals surface area contributed by atoms with Gasteiger partial charge >= 0.3 is 6.18 Å². The Bertz CT molecular complexity index is 582. The normalized spacial score (nSPS) is 16.7. The number of alkyl halides is 3. The van der Waals surface area contributed by atoms with Gasteiger partial charge in [-0.2, -0.15) is 13.2 Å². The number of carbonyl (C=O) groups is 1. The smallest absolute Gasteiger partial charge is 0.342 e. The van der Waals surface area contributed by atoms with Crippen molar-refractivity contribution in [2.24, 2.45) is 0 Å². The van der Waals surface area contributed by atoms with Gasteiger partial charge in [-0.3, -0.25) is 9.69 Å². The van der Waals surface area contributed by atoms with Crippen LogP contribution in [0.1, 0.15) is 18.4 Å². The molecule has 1 fully saturated rings. The lowest BCUT2D eigenvalue weighted by Crippen LogP contribution is -2.48. The Morgan fingerprint density at radius 1 is 1.21 bits per heavy atom. The molecule has 0 N–H and O–H groups in total. The molecule has 0 aliphatic carbocycles. The third-order valence-corrected chi connectivity index (χ3v) is 4.21. The van der Waals surface area contributed by atoms with Gasteiger partial charge in [0.05, 0.1) is 13.0 Å². The second-order valence-corrected chi connectivity index (χ2v) is 6.07. The molecular weight excluding hydrogens is 331 g/mol. The van der Waals surface area contributed by atoms with Gasteiger partial charge in [0, 0.05) is 19.1 Å². The van der Waals surface area contributed by atoms with E-state index in [0.717, 1.165) is 12.1 Å². The molecule has 0 aromatic heterocycles. The number of halogens is 5. The summed E-state index contributed by atoms with van der Waals surface area (Å²) in [6.07, 6.45) is -3.39. The molecule has 1 aliphatic heterocycles. The molecule has 1 saturated heterocycles.